The van der Waals surface area contributed by atoms with Gasteiger partial charge in [-0.15, -0.1) is 0 Å². The van der Waals surface area contributed by atoms with E-state index in [0.717, 1.165) is 19.4 Å². The van der Waals surface area contributed by atoms with Crippen LogP contribution < -0.4 is 5.43 Å². The van der Waals surface area contributed by atoms with E-state index in [1.165, 1.54) is 12.6 Å². The molecular formula is C15H17N3O4. The number of carbonyl (C=O) groups excluding carboxylic acids is 2. The highest BCUT2D eigenvalue weighted by atomic mass is 16.3. The molecule has 3 aliphatic heterocycles. The fourth-order valence-electron chi connectivity index (χ4n) is 4.00. The number of piperidine rings is 1. The summed E-state index contributed by atoms with van der Waals surface area (Å²) in [4.78, 5) is 39.7. The third kappa shape index (κ3) is 1.68. The van der Waals surface area contributed by atoms with Crippen LogP contribution >= 0.6 is 0 Å². The van der Waals surface area contributed by atoms with E-state index >= 15 is 0 Å². The van der Waals surface area contributed by atoms with Gasteiger partial charge in [-0.05, 0) is 12.8 Å². The van der Waals surface area contributed by atoms with Crippen molar-refractivity contribution in [2.45, 2.75) is 38.0 Å². The van der Waals surface area contributed by atoms with Crippen LogP contribution in [0.4, 0.5) is 0 Å². The number of hydrogen-bond acceptors (Lipinski definition) is 5. The second-order valence-electron chi connectivity index (χ2n) is 6.21. The minimum absolute atomic E-state index is 0.00620. The second-order valence-corrected chi connectivity index (χ2v) is 6.21. The average Bonchev–Trinajstić information content (AvgIpc) is 2.90. The molecule has 0 saturated carbocycles. The molecular weight excluding hydrogens is 286 g/mol. The lowest BCUT2D eigenvalue weighted by Gasteiger charge is -2.38. The maximum Gasteiger partial charge on any atom is 0.275 e. The maximum absolute atomic E-state index is 12.7. The molecule has 0 spiro atoms. The van der Waals surface area contributed by atoms with E-state index in [1.54, 1.807) is 9.47 Å². The van der Waals surface area contributed by atoms with Crippen LogP contribution in [0.25, 0.3) is 0 Å². The van der Waals surface area contributed by atoms with Crippen LogP contribution in [-0.2, 0) is 6.54 Å². The molecule has 7 heteroatoms. The molecule has 0 aromatic carbocycles. The Morgan fingerprint density at radius 1 is 1.23 bits per heavy atom. The number of fused-ring (bicyclic) bond motifs is 4. The fourth-order valence-corrected chi connectivity index (χ4v) is 4.00. The number of aromatic hydroxyl groups is 1. The predicted octanol–water partition coefficient (Wildman–Crippen LogP) is 0.0164. The van der Waals surface area contributed by atoms with E-state index < -0.39 is 11.2 Å². The highest BCUT2D eigenvalue weighted by molar-refractivity contribution is 5.97. The largest absolute Gasteiger partial charge is 0.503 e. The van der Waals surface area contributed by atoms with Gasteiger partial charge in [-0.2, -0.15) is 0 Å². The topological polar surface area (TPSA) is 82.8 Å². The quantitative estimate of drug-likeness (QED) is 0.739. The second kappa shape index (κ2) is 4.67. The number of amides is 1. The molecule has 4 heterocycles. The Bertz CT molecular complexity index is 726. The van der Waals surface area contributed by atoms with E-state index in [0.29, 0.717) is 25.4 Å². The Labute approximate surface area is 126 Å². The summed E-state index contributed by atoms with van der Waals surface area (Å²) >= 11 is 0. The third-order valence-electron chi connectivity index (χ3n) is 5.06. The molecule has 2 fully saturated rings. The molecule has 0 radical (unpaired) electrons. The van der Waals surface area contributed by atoms with Crippen LogP contribution in [0.2, 0.25) is 0 Å². The van der Waals surface area contributed by atoms with Gasteiger partial charge >= 0.3 is 0 Å². The highest BCUT2D eigenvalue weighted by Crippen LogP contribution is 2.34. The lowest BCUT2D eigenvalue weighted by atomic mass is 10.0. The van der Waals surface area contributed by atoms with Crippen molar-refractivity contribution in [3.63, 3.8) is 0 Å². The molecule has 2 unspecified atom stereocenters. The lowest BCUT2D eigenvalue weighted by molar-refractivity contribution is 0.0452. The van der Waals surface area contributed by atoms with Crippen LogP contribution in [0, 0.1) is 0 Å². The SMILES string of the molecule is O=Cc1cn2c(c(O)c1=O)C(=O)N1CC3CCCCN3C1C2. The molecule has 2 atom stereocenters. The van der Waals surface area contributed by atoms with Gasteiger partial charge in [0.15, 0.2) is 17.7 Å². The van der Waals surface area contributed by atoms with Gasteiger partial charge < -0.3 is 14.6 Å². The lowest BCUT2D eigenvalue weighted by Crippen LogP contribution is -2.51. The maximum atomic E-state index is 12.7. The number of aldehydes is 1. The highest BCUT2D eigenvalue weighted by Gasteiger charge is 2.46. The summed E-state index contributed by atoms with van der Waals surface area (Å²) in [5.41, 5.74) is -0.882. The fraction of sp³-hybridized carbons (Fsp3) is 0.533. The Morgan fingerprint density at radius 3 is 2.82 bits per heavy atom. The van der Waals surface area contributed by atoms with Crippen molar-refractivity contribution in [2.24, 2.45) is 0 Å². The van der Waals surface area contributed by atoms with Crippen molar-refractivity contribution in [1.29, 1.82) is 0 Å². The van der Waals surface area contributed by atoms with Gasteiger partial charge in [0.2, 0.25) is 5.43 Å². The minimum atomic E-state index is -0.773. The summed E-state index contributed by atoms with van der Waals surface area (Å²) in [6, 6.07) is 0.358. The minimum Gasteiger partial charge on any atom is -0.503 e. The number of nitrogens with zero attached hydrogens (tertiary/aromatic N) is 3. The molecule has 3 aliphatic rings. The van der Waals surface area contributed by atoms with E-state index in [-0.39, 0.29) is 23.3 Å². The molecule has 0 aliphatic carbocycles. The van der Waals surface area contributed by atoms with Crippen LogP contribution in [0.1, 0.15) is 40.1 Å². The smallest absolute Gasteiger partial charge is 0.275 e. The number of aromatic nitrogens is 1. The Kier molecular flexibility index (Phi) is 2.87. The van der Waals surface area contributed by atoms with Crippen molar-refractivity contribution in [2.75, 3.05) is 13.1 Å². The van der Waals surface area contributed by atoms with Crippen LogP contribution in [-0.4, -0.2) is 57.0 Å². The molecule has 22 heavy (non-hydrogen) atoms. The number of carbonyl (C=O) groups is 2. The van der Waals surface area contributed by atoms with Crippen molar-refractivity contribution in [3.8, 4) is 5.75 Å². The Morgan fingerprint density at radius 2 is 2.05 bits per heavy atom. The first-order valence-electron chi connectivity index (χ1n) is 7.60. The summed E-state index contributed by atoms with van der Waals surface area (Å²) in [5, 5.41) is 10.1. The van der Waals surface area contributed by atoms with Gasteiger partial charge in [-0.25, -0.2) is 0 Å². The summed E-state index contributed by atoms with van der Waals surface area (Å²) in [6.07, 6.45) is 5.12. The summed E-state index contributed by atoms with van der Waals surface area (Å²) in [6.45, 7) is 2.08. The molecule has 1 aromatic rings. The van der Waals surface area contributed by atoms with Gasteiger partial charge in [0.25, 0.3) is 5.91 Å². The molecule has 0 bridgehead atoms. The first-order valence-corrected chi connectivity index (χ1v) is 7.60. The zero-order valence-corrected chi connectivity index (χ0v) is 12.1. The zero-order chi connectivity index (χ0) is 15.4. The van der Waals surface area contributed by atoms with E-state index in [9.17, 15) is 19.5 Å². The summed E-state index contributed by atoms with van der Waals surface area (Å²) in [5.74, 6) is -0.935. The van der Waals surface area contributed by atoms with Gasteiger partial charge in [0.1, 0.15) is 6.17 Å². The van der Waals surface area contributed by atoms with Gasteiger partial charge in [-0.1, -0.05) is 6.42 Å². The standard InChI is InChI=1S/C15H17N3O4/c19-8-9-5-16-7-11-17-4-2-1-3-10(17)6-18(11)15(22)12(16)14(21)13(9)20/h5,8,10-11,21H,1-4,6-7H2. The molecule has 1 amide bonds. The van der Waals surface area contributed by atoms with Crippen LogP contribution in [0.3, 0.4) is 0 Å². The van der Waals surface area contributed by atoms with Crippen LogP contribution in [0.5, 0.6) is 5.75 Å². The summed E-state index contributed by atoms with van der Waals surface area (Å²) in [7, 11) is 0. The normalized spacial score (nSPS) is 27.3. The van der Waals surface area contributed by atoms with E-state index in [4.69, 9.17) is 0 Å². The van der Waals surface area contributed by atoms with Gasteiger partial charge in [-0.3, -0.25) is 19.3 Å². The molecule has 116 valence electrons. The Balaban J connectivity index is 1.82. The predicted molar refractivity (Wildman–Crippen MR) is 76.9 cm³/mol. The van der Waals surface area contributed by atoms with Crippen molar-refractivity contribution >= 4 is 12.2 Å². The third-order valence-corrected chi connectivity index (χ3v) is 5.06. The van der Waals surface area contributed by atoms with Gasteiger partial charge in [0, 0.05) is 25.3 Å². The average molecular weight is 303 g/mol. The molecule has 4 rings (SSSR count). The number of rotatable bonds is 1. The molecule has 1 aromatic heterocycles. The van der Waals surface area contributed by atoms with Gasteiger partial charge in [0.05, 0.1) is 12.1 Å². The first kappa shape index (κ1) is 13.5. The first-order chi connectivity index (χ1) is 10.6. The molecule has 2 saturated heterocycles. The van der Waals surface area contributed by atoms with Crippen molar-refractivity contribution in [3.05, 3.63) is 27.7 Å². The number of hydrogen-bond donors (Lipinski definition) is 1. The number of pyridine rings is 1. The van der Waals surface area contributed by atoms with E-state index in [1.807, 2.05) is 0 Å². The van der Waals surface area contributed by atoms with Crippen molar-refractivity contribution in [1.82, 2.24) is 14.4 Å². The molecule has 7 nitrogen and oxygen atoms in total. The van der Waals surface area contributed by atoms with E-state index in [2.05, 4.69) is 4.90 Å². The summed E-state index contributed by atoms with van der Waals surface area (Å²) < 4.78 is 1.56. The Hall–Kier alpha value is -2.15. The van der Waals surface area contributed by atoms with Crippen molar-refractivity contribution < 1.29 is 14.7 Å². The van der Waals surface area contributed by atoms with Crippen LogP contribution in [0.15, 0.2) is 11.0 Å². The molecule has 1 N–H and O–H groups in total. The monoisotopic (exact) mass is 303 g/mol. The zero-order valence-electron chi connectivity index (χ0n) is 12.1.